The van der Waals surface area contributed by atoms with Crippen molar-refractivity contribution >= 4 is 39.3 Å². The number of benzene rings is 2. The Morgan fingerprint density at radius 3 is 2.44 bits per heavy atom. The summed E-state index contributed by atoms with van der Waals surface area (Å²) in [7, 11) is 0. The van der Waals surface area contributed by atoms with Crippen LogP contribution in [0.2, 0.25) is 5.02 Å². The van der Waals surface area contributed by atoms with Gasteiger partial charge in [-0.2, -0.15) is 0 Å². The first-order chi connectivity index (χ1) is 8.61. The molecule has 2 N–H and O–H groups in total. The van der Waals surface area contributed by atoms with E-state index in [1.165, 1.54) is 11.8 Å². The Balaban J connectivity index is 2.29. The van der Waals surface area contributed by atoms with Gasteiger partial charge in [-0.15, -0.1) is 0 Å². The summed E-state index contributed by atoms with van der Waals surface area (Å²) in [6, 6.07) is 10.8. The van der Waals surface area contributed by atoms with Gasteiger partial charge in [-0.25, -0.2) is 4.39 Å². The minimum atomic E-state index is -0.280. The number of halogens is 3. The summed E-state index contributed by atoms with van der Waals surface area (Å²) < 4.78 is 14.5. The molecular weight excluding hydrogens is 337 g/mol. The maximum absolute atomic E-state index is 14.1. The molecule has 1 nitrogen and oxygen atoms in total. The van der Waals surface area contributed by atoms with Gasteiger partial charge in [0.25, 0.3) is 0 Å². The van der Waals surface area contributed by atoms with Crippen LogP contribution < -0.4 is 5.73 Å². The second-order valence-corrected chi connectivity index (χ2v) is 5.96. The van der Waals surface area contributed by atoms with E-state index in [9.17, 15) is 4.39 Å². The monoisotopic (exact) mass is 345 g/mol. The van der Waals surface area contributed by atoms with E-state index in [0.29, 0.717) is 20.9 Å². The molecule has 5 heteroatoms. The summed E-state index contributed by atoms with van der Waals surface area (Å²) in [6.07, 6.45) is 0. The number of nitrogens with two attached hydrogens (primary N) is 1. The van der Waals surface area contributed by atoms with Crippen LogP contribution in [-0.2, 0) is 6.54 Å². The van der Waals surface area contributed by atoms with E-state index in [0.717, 1.165) is 10.5 Å². The van der Waals surface area contributed by atoms with Gasteiger partial charge in [0.05, 0.1) is 4.47 Å². The van der Waals surface area contributed by atoms with Gasteiger partial charge in [-0.05, 0) is 51.8 Å². The molecule has 0 saturated carbocycles. The largest absolute Gasteiger partial charge is 0.326 e. The molecule has 0 aromatic heterocycles. The molecule has 0 atom stereocenters. The highest BCUT2D eigenvalue weighted by molar-refractivity contribution is 9.10. The zero-order valence-electron chi connectivity index (χ0n) is 9.29. The first-order valence-electron chi connectivity index (χ1n) is 5.22. The first kappa shape index (κ1) is 13.9. The third-order valence-corrected chi connectivity index (χ3v) is 4.54. The maximum atomic E-state index is 14.1. The van der Waals surface area contributed by atoms with Crippen molar-refractivity contribution in [3.8, 4) is 0 Å². The van der Waals surface area contributed by atoms with Gasteiger partial charge in [0, 0.05) is 21.4 Å². The lowest BCUT2D eigenvalue weighted by Gasteiger charge is -2.08. The Kier molecular flexibility index (Phi) is 4.67. The third kappa shape index (κ3) is 3.06. The minimum absolute atomic E-state index is 0.280. The smallest absolute Gasteiger partial charge is 0.151 e. The fourth-order valence-corrected chi connectivity index (χ4v) is 3.06. The Hall–Kier alpha value is -0.550. The molecule has 94 valence electrons. The Labute approximate surface area is 123 Å². The molecule has 0 aliphatic carbocycles. The predicted molar refractivity (Wildman–Crippen MR) is 77.6 cm³/mol. The van der Waals surface area contributed by atoms with Crippen LogP contribution in [0, 0.1) is 5.82 Å². The van der Waals surface area contributed by atoms with Crippen molar-refractivity contribution in [3.63, 3.8) is 0 Å². The average Bonchev–Trinajstić information content (AvgIpc) is 2.38. The van der Waals surface area contributed by atoms with E-state index in [4.69, 9.17) is 17.3 Å². The highest BCUT2D eigenvalue weighted by Gasteiger charge is 2.11. The van der Waals surface area contributed by atoms with Crippen LogP contribution in [0.1, 0.15) is 5.56 Å². The van der Waals surface area contributed by atoms with Gasteiger partial charge in [-0.1, -0.05) is 29.4 Å². The molecule has 0 aliphatic rings. The van der Waals surface area contributed by atoms with Crippen molar-refractivity contribution in [3.05, 3.63) is 57.3 Å². The van der Waals surface area contributed by atoms with Crippen molar-refractivity contribution in [1.29, 1.82) is 0 Å². The molecule has 2 aromatic carbocycles. The normalized spacial score (nSPS) is 10.7. The van der Waals surface area contributed by atoms with E-state index >= 15 is 0 Å². The summed E-state index contributed by atoms with van der Waals surface area (Å²) in [5.74, 6) is -0.280. The van der Waals surface area contributed by atoms with Crippen molar-refractivity contribution in [2.24, 2.45) is 5.73 Å². The molecule has 2 aromatic rings. The van der Waals surface area contributed by atoms with Crippen LogP contribution in [0.4, 0.5) is 4.39 Å². The van der Waals surface area contributed by atoms with E-state index in [1.54, 1.807) is 18.2 Å². The molecule has 0 bridgehead atoms. The fraction of sp³-hybridized carbons (Fsp3) is 0.0769. The molecular formula is C13H10BrClFNS. The molecule has 0 spiro atoms. The molecule has 0 amide bonds. The molecule has 18 heavy (non-hydrogen) atoms. The standard InChI is InChI=1S/C13H10BrClFNS/c14-12-8(7-17)1-6-11(13(12)16)18-10-4-2-9(15)3-5-10/h1-6H,7,17H2. The molecule has 2 rings (SSSR count). The van der Waals surface area contributed by atoms with Crippen molar-refractivity contribution < 1.29 is 4.39 Å². The van der Waals surface area contributed by atoms with Gasteiger partial charge >= 0.3 is 0 Å². The number of hydrogen-bond donors (Lipinski definition) is 1. The Morgan fingerprint density at radius 2 is 1.83 bits per heavy atom. The fourth-order valence-electron chi connectivity index (χ4n) is 1.44. The second kappa shape index (κ2) is 6.06. The lowest BCUT2D eigenvalue weighted by Crippen LogP contribution is -1.99. The van der Waals surface area contributed by atoms with Crippen LogP contribution in [-0.4, -0.2) is 0 Å². The van der Waals surface area contributed by atoms with E-state index < -0.39 is 0 Å². The van der Waals surface area contributed by atoms with Gasteiger partial charge in [0.1, 0.15) is 0 Å². The SMILES string of the molecule is NCc1ccc(Sc2ccc(Cl)cc2)c(F)c1Br. The quantitative estimate of drug-likeness (QED) is 0.859. The lowest BCUT2D eigenvalue weighted by molar-refractivity contribution is 0.592. The molecule has 0 unspecified atom stereocenters. The summed E-state index contributed by atoms with van der Waals surface area (Å²) in [4.78, 5) is 1.49. The highest BCUT2D eigenvalue weighted by atomic mass is 79.9. The minimum Gasteiger partial charge on any atom is -0.326 e. The average molecular weight is 347 g/mol. The van der Waals surface area contributed by atoms with Crippen LogP contribution in [0.5, 0.6) is 0 Å². The molecule has 0 heterocycles. The van der Waals surface area contributed by atoms with Crippen LogP contribution in [0.15, 0.2) is 50.7 Å². The van der Waals surface area contributed by atoms with Crippen molar-refractivity contribution in [1.82, 2.24) is 0 Å². The van der Waals surface area contributed by atoms with Crippen molar-refractivity contribution in [2.75, 3.05) is 0 Å². The maximum Gasteiger partial charge on any atom is 0.151 e. The van der Waals surface area contributed by atoms with Gasteiger partial charge < -0.3 is 5.73 Å². The summed E-state index contributed by atoms with van der Waals surface area (Å²) in [6.45, 7) is 0.309. The number of rotatable bonds is 3. The Morgan fingerprint density at radius 1 is 1.17 bits per heavy atom. The van der Waals surface area contributed by atoms with Crippen molar-refractivity contribution in [2.45, 2.75) is 16.3 Å². The molecule has 0 saturated heterocycles. The van der Waals surface area contributed by atoms with Crippen LogP contribution >= 0.6 is 39.3 Å². The van der Waals surface area contributed by atoms with Crippen LogP contribution in [0.3, 0.4) is 0 Å². The summed E-state index contributed by atoms with van der Waals surface area (Å²) >= 11 is 10.4. The predicted octanol–water partition coefficient (Wildman–Crippen LogP) is 4.85. The summed E-state index contributed by atoms with van der Waals surface area (Å²) in [5, 5.41) is 0.666. The van der Waals surface area contributed by atoms with Gasteiger partial charge in [0.2, 0.25) is 0 Å². The summed E-state index contributed by atoms with van der Waals surface area (Å²) in [5.41, 5.74) is 6.28. The second-order valence-electron chi connectivity index (χ2n) is 3.61. The molecule has 0 radical (unpaired) electrons. The van der Waals surface area contributed by atoms with Gasteiger partial charge in [0.15, 0.2) is 5.82 Å². The zero-order chi connectivity index (χ0) is 13.1. The number of hydrogen-bond acceptors (Lipinski definition) is 2. The van der Waals surface area contributed by atoms with E-state index in [2.05, 4.69) is 15.9 Å². The lowest BCUT2D eigenvalue weighted by atomic mass is 10.2. The van der Waals surface area contributed by atoms with Gasteiger partial charge in [-0.3, -0.25) is 0 Å². The highest BCUT2D eigenvalue weighted by Crippen LogP contribution is 2.34. The molecule has 0 fully saturated rings. The molecule has 0 aliphatic heterocycles. The Bertz CT molecular complexity index is 560. The van der Waals surface area contributed by atoms with E-state index in [-0.39, 0.29) is 5.82 Å². The topological polar surface area (TPSA) is 26.0 Å². The van der Waals surface area contributed by atoms with E-state index in [1.807, 2.05) is 18.2 Å². The first-order valence-corrected chi connectivity index (χ1v) is 7.21. The van der Waals surface area contributed by atoms with Crippen LogP contribution in [0.25, 0.3) is 0 Å². The third-order valence-electron chi connectivity index (χ3n) is 2.39. The zero-order valence-corrected chi connectivity index (χ0v) is 12.4.